The van der Waals surface area contributed by atoms with Gasteiger partial charge in [0.2, 0.25) is 11.8 Å². The lowest BCUT2D eigenvalue weighted by atomic mass is 10.1. The van der Waals surface area contributed by atoms with Gasteiger partial charge in [-0.25, -0.2) is 14.4 Å². The summed E-state index contributed by atoms with van der Waals surface area (Å²) < 4.78 is 19.0. The Bertz CT molecular complexity index is 1260. The number of anilines is 2. The van der Waals surface area contributed by atoms with E-state index in [4.69, 9.17) is 4.74 Å². The summed E-state index contributed by atoms with van der Waals surface area (Å²) in [6.45, 7) is 1.14. The van der Waals surface area contributed by atoms with Gasteiger partial charge in [-0.1, -0.05) is 18.2 Å². The van der Waals surface area contributed by atoms with Gasteiger partial charge in [-0.15, -0.1) is 11.3 Å². The number of amides is 2. The van der Waals surface area contributed by atoms with Crippen LogP contribution in [-0.2, 0) is 9.59 Å². The molecule has 4 rings (SSSR count). The Morgan fingerprint density at radius 1 is 1.06 bits per heavy atom. The van der Waals surface area contributed by atoms with Crippen molar-refractivity contribution in [3.05, 3.63) is 66.1 Å². The van der Waals surface area contributed by atoms with E-state index in [-0.39, 0.29) is 30.1 Å². The largest absolute Gasteiger partial charge is 0.467 e. The van der Waals surface area contributed by atoms with E-state index in [9.17, 15) is 14.0 Å². The molecule has 0 aliphatic heterocycles. The van der Waals surface area contributed by atoms with E-state index < -0.39 is 0 Å². The third-order valence-corrected chi connectivity index (χ3v) is 5.18. The lowest BCUT2D eigenvalue weighted by Gasteiger charge is -2.10. The second-order valence-electron chi connectivity index (χ2n) is 6.61. The molecule has 2 aromatic heterocycles. The molecule has 0 atom stereocenters. The van der Waals surface area contributed by atoms with Gasteiger partial charge in [0.05, 0.1) is 5.39 Å². The molecule has 0 aliphatic carbocycles. The van der Waals surface area contributed by atoms with E-state index in [0.29, 0.717) is 21.6 Å². The van der Waals surface area contributed by atoms with Crippen LogP contribution in [0.2, 0.25) is 0 Å². The van der Waals surface area contributed by atoms with Crippen molar-refractivity contribution in [2.75, 3.05) is 17.2 Å². The number of hydrogen-bond donors (Lipinski definition) is 2. The van der Waals surface area contributed by atoms with Crippen LogP contribution in [0.5, 0.6) is 5.88 Å². The summed E-state index contributed by atoms with van der Waals surface area (Å²) in [6, 6.07) is 12.9. The standard InChI is InChI=1S/C22H17FN4O3S/c1-13(28)26-16-3-2-4-17(9-16)27-19(29)10-30-21-20-18(11-31-22(20)25-12-24-21)14-5-7-15(23)8-6-14/h2-9,11-12H,10H2,1H3,(H,26,28)(H,27,29). The third kappa shape index (κ3) is 4.84. The molecule has 31 heavy (non-hydrogen) atoms. The number of ether oxygens (including phenoxy) is 1. The van der Waals surface area contributed by atoms with Gasteiger partial charge in [-0.05, 0) is 35.9 Å². The highest BCUT2D eigenvalue weighted by Gasteiger charge is 2.15. The van der Waals surface area contributed by atoms with Crippen LogP contribution in [0.25, 0.3) is 21.3 Å². The first kappa shape index (κ1) is 20.4. The molecule has 156 valence electrons. The predicted octanol–water partition coefficient (Wildman–Crippen LogP) is 4.47. The number of carbonyl (C=O) groups excluding carboxylic acids is 2. The maximum atomic E-state index is 13.3. The summed E-state index contributed by atoms with van der Waals surface area (Å²) in [5.74, 6) is -0.638. The minimum Gasteiger partial charge on any atom is -0.467 e. The van der Waals surface area contributed by atoms with Crippen molar-refractivity contribution in [2.45, 2.75) is 6.92 Å². The summed E-state index contributed by atoms with van der Waals surface area (Å²) in [6.07, 6.45) is 1.37. The summed E-state index contributed by atoms with van der Waals surface area (Å²) in [4.78, 5) is 32.7. The molecule has 4 aromatic rings. The molecular weight excluding hydrogens is 419 g/mol. The van der Waals surface area contributed by atoms with Crippen molar-refractivity contribution < 1.29 is 18.7 Å². The lowest BCUT2D eigenvalue weighted by Crippen LogP contribution is -2.20. The molecule has 2 amide bonds. The molecule has 0 spiro atoms. The number of benzene rings is 2. The molecular formula is C22H17FN4O3S. The zero-order valence-corrected chi connectivity index (χ0v) is 17.2. The predicted molar refractivity (Wildman–Crippen MR) is 118 cm³/mol. The van der Waals surface area contributed by atoms with Crippen LogP contribution in [0.15, 0.2) is 60.2 Å². The fourth-order valence-electron chi connectivity index (χ4n) is 3.01. The monoisotopic (exact) mass is 436 g/mol. The van der Waals surface area contributed by atoms with E-state index in [1.807, 2.05) is 5.38 Å². The Morgan fingerprint density at radius 3 is 2.55 bits per heavy atom. The Morgan fingerprint density at radius 2 is 1.81 bits per heavy atom. The molecule has 2 N–H and O–H groups in total. The average molecular weight is 436 g/mol. The number of halogens is 1. The number of thiophene rings is 1. The van der Waals surface area contributed by atoms with Crippen LogP contribution in [0.3, 0.4) is 0 Å². The number of fused-ring (bicyclic) bond motifs is 1. The van der Waals surface area contributed by atoms with E-state index in [1.54, 1.807) is 36.4 Å². The minimum absolute atomic E-state index is 0.202. The van der Waals surface area contributed by atoms with Crippen LogP contribution < -0.4 is 15.4 Å². The van der Waals surface area contributed by atoms with Gasteiger partial charge in [0, 0.05) is 29.2 Å². The molecule has 0 unspecified atom stereocenters. The Kier molecular flexibility index (Phi) is 5.85. The first-order chi connectivity index (χ1) is 15.0. The van der Waals surface area contributed by atoms with Crippen molar-refractivity contribution in [1.82, 2.24) is 9.97 Å². The van der Waals surface area contributed by atoms with E-state index >= 15 is 0 Å². The van der Waals surface area contributed by atoms with Gasteiger partial charge in [-0.2, -0.15) is 0 Å². The molecule has 0 saturated heterocycles. The smallest absolute Gasteiger partial charge is 0.262 e. The van der Waals surface area contributed by atoms with Crippen LogP contribution in [0.1, 0.15) is 6.92 Å². The van der Waals surface area contributed by atoms with Crippen molar-refractivity contribution in [2.24, 2.45) is 0 Å². The third-order valence-electron chi connectivity index (χ3n) is 4.30. The van der Waals surface area contributed by atoms with Gasteiger partial charge in [0.1, 0.15) is 17.0 Å². The fourth-order valence-corrected chi connectivity index (χ4v) is 3.91. The van der Waals surface area contributed by atoms with Gasteiger partial charge in [-0.3, -0.25) is 9.59 Å². The molecule has 0 fully saturated rings. The SMILES string of the molecule is CC(=O)Nc1cccc(NC(=O)COc2ncnc3scc(-c4ccc(F)cc4)c23)c1. The molecule has 0 radical (unpaired) electrons. The first-order valence-electron chi connectivity index (χ1n) is 9.28. The maximum Gasteiger partial charge on any atom is 0.262 e. The number of nitrogens with zero attached hydrogens (tertiary/aromatic N) is 2. The highest BCUT2D eigenvalue weighted by atomic mass is 32.1. The Balaban J connectivity index is 1.50. The molecule has 2 aromatic carbocycles. The molecule has 2 heterocycles. The van der Waals surface area contributed by atoms with Crippen molar-refractivity contribution >= 4 is 44.7 Å². The summed E-state index contributed by atoms with van der Waals surface area (Å²) in [7, 11) is 0. The maximum absolute atomic E-state index is 13.3. The summed E-state index contributed by atoms with van der Waals surface area (Å²) >= 11 is 1.41. The molecule has 9 heteroatoms. The van der Waals surface area contributed by atoms with E-state index in [0.717, 1.165) is 11.1 Å². The van der Waals surface area contributed by atoms with E-state index in [2.05, 4.69) is 20.6 Å². The number of hydrogen-bond acceptors (Lipinski definition) is 6. The quantitative estimate of drug-likeness (QED) is 0.465. The van der Waals surface area contributed by atoms with Crippen LogP contribution in [0, 0.1) is 5.82 Å². The van der Waals surface area contributed by atoms with Crippen molar-refractivity contribution in [1.29, 1.82) is 0 Å². The average Bonchev–Trinajstić information content (AvgIpc) is 3.17. The number of rotatable bonds is 6. The van der Waals surface area contributed by atoms with Crippen LogP contribution in [0.4, 0.5) is 15.8 Å². The Labute approximate surface area is 180 Å². The zero-order valence-electron chi connectivity index (χ0n) is 16.4. The van der Waals surface area contributed by atoms with Gasteiger partial charge >= 0.3 is 0 Å². The molecule has 0 saturated carbocycles. The number of aromatic nitrogens is 2. The second kappa shape index (κ2) is 8.88. The van der Waals surface area contributed by atoms with E-state index in [1.165, 1.54) is 36.7 Å². The van der Waals surface area contributed by atoms with Crippen molar-refractivity contribution in [3.63, 3.8) is 0 Å². The second-order valence-corrected chi connectivity index (χ2v) is 7.47. The van der Waals surface area contributed by atoms with Crippen molar-refractivity contribution in [3.8, 4) is 17.0 Å². The topological polar surface area (TPSA) is 93.2 Å². The molecule has 7 nitrogen and oxygen atoms in total. The fraction of sp³-hybridized carbons (Fsp3) is 0.0909. The van der Waals surface area contributed by atoms with Gasteiger partial charge in [0.15, 0.2) is 6.61 Å². The Hall–Kier alpha value is -3.85. The van der Waals surface area contributed by atoms with Gasteiger partial charge < -0.3 is 15.4 Å². The highest BCUT2D eigenvalue weighted by molar-refractivity contribution is 7.17. The normalized spacial score (nSPS) is 10.6. The minimum atomic E-state index is -0.384. The zero-order chi connectivity index (χ0) is 21.8. The number of nitrogens with one attached hydrogen (secondary N) is 2. The molecule has 0 bridgehead atoms. The van der Waals surface area contributed by atoms with Gasteiger partial charge in [0.25, 0.3) is 5.91 Å². The molecule has 0 aliphatic rings. The van der Waals surface area contributed by atoms with Crippen LogP contribution in [-0.4, -0.2) is 28.4 Å². The number of carbonyl (C=O) groups is 2. The highest BCUT2D eigenvalue weighted by Crippen LogP contribution is 2.37. The summed E-state index contributed by atoms with van der Waals surface area (Å²) in [5.41, 5.74) is 2.70. The first-order valence-corrected chi connectivity index (χ1v) is 10.2. The van der Waals surface area contributed by atoms with Crippen LogP contribution >= 0.6 is 11.3 Å². The summed E-state index contributed by atoms with van der Waals surface area (Å²) in [5, 5.41) is 7.94. The lowest BCUT2D eigenvalue weighted by molar-refractivity contribution is -0.118.